The summed E-state index contributed by atoms with van der Waals surface area (Å²) in [6.45, 7) is 3.88. The van der Waals surface area contributed by atoms with Gasteiger partial charge in [0, 0.05) is 18.5 Å². The summed E-state index contributed by atoms with van der Waals surface area (Å²) in [6.07, 6.45) is -1.48. The summed E-state index contributed by atoms with van der Waals surface area (Å²) in [7, 11) is -3.34. The lowest BCUT2D eigenvalue weighted by atomic mass is 10.7. The first-order chi connectivity index (χ1) is 6.89. The highest BCUT2D eigenvalue weighted by Gasteiger charge is 2.05. The van der Waals surface area contributed by atoms with Crippen LogP contribution in [0.3, 0.4) is 0 Å². The molecule has 0 aromatic rings. The van der Waals surface area contributed by atoms with Crippen molar-refractivity contribution in [3.63, 3.8) is 0 Å². The smallest absolute Gasteiger partial charge is 0.450 e. The van der Waals surface area contributed by atoms with Crippen LogP contribution in [0, 0.1) is 0 Å². The Morgan fingerprint density at radius 2 is 1.87 bits per heavy atom. The van der Waals surface area contributed by atoms with Crippen molar-refractivity contribution >= 4 is 16.0 Å². The molecule has 0 aliphatic carbocycles. The van der Waals surface area contributed by atoms with Gasteiger partial charge in [0.25, 0.3) is 0 Å². The van der Waals surface area contributed by atoms with E-state index in [0.717, 1.165) is 5.41 Å². The van der Waals surface area contributed by atoms with Gasteiger partial charge in [-0.1, -0.05) is 6.58 Å². The van der Waals surface area contributed by atoms with Crippen molar-refractivity contribution in [2.45, 2.75) is 0 Å². The first-order valence-corrected chi connectivity index (χ1v) is 5.72. The van der Waals surface area contributed by atoms with Crippen LogP contribution >= 0.6 is 0 Å². The summed E-state index contributed by atoms with van der Waals surface area (Å²) in [4.78, 5) is 9.73. The van der Waals surface area contributed by atoms with Gasteiger partial charge in [0.05, 0.1) is 5.75 Å². The Kier molecular flexibility index (Phi) is 10.3. The number of carboxylic acid groups (broad SMARTS) is 1. The molecular formula is C7H16N2O5S. The Morgan fingerprint density at radius 1 is 1.40 bits per heavy atom. The predicted octanol–water partition coefficient (Wildman–Crippen LogP) is -0.857. The SMILES string of the molecule is C=CS(=O)(=O)CCOC(=O)O.NCCN. The molecule has 90 valence electrons. The zero-order valence-electron chi connectivity index (χ0n) is 8.26. The second kappa shape index (κ2) is 9.44. The van der Waals surface area contributed by atoms with Crippen LogP contribution in [0.15, 0.2) is 12.0 Å². The molecule has 0 aromatic carbocycles. The molecule has 0 saturated carbocycles. The van der Waals surface area contributed by atoms with Crippen molar-refractivity contribution in [1.29, 1.82) is 0 Å². The highest BCUT2D eigenvalue weighted by atomic mass is 32.2. The first-order valence-electron chi connectivity index (χ1n) is 4.00. The van der Waals surface area contributed by atoms with Gasteiger partial charge in [0.1, 0.15) is 6.61 Å². The number of hydrogen-bond donors (Lipinski definition) is 3. The molecule has 0 aliphatic heterocycles. The molecule has 0 fully saturated rings. The Labute approximate surface area is 88.6 Å². The monoisotopic (exact) mass is 240 g/mol. The van der Waals surface area contributed by atoms with Crippen LogP contribution in [0.2, 0.25) is 0 Å². The summed E-state index contributed by atoms with van der Waals surface area (Å²) in [5.41, 5.74) is 9.81. The van der Waals surface area contributed by atoms with E-state index in [1.165, 1.54) is 0 Å². The first kappa shape index (κ1) is 16.3. The summed E-state index contributed by atoms with van der Waals surface area (Å²) in [6, 6.07) is 0. The zero-order valence-corrected chi connectivity index (χ0v) is 9.07. The van der Waals surface area contributed by atoms with E-state index in [1.807, 2.05) is 0 Å². The molecule has 0 aliphatic rings. The fourth-order valence-electron chi connectivity index (χ4n) is 0.328. The van der Waals surface area contributed by atoms with Crippen LogP contribution in [0.4, 0.5) is 4.79 Å². The molecule has 0 unspecified atom stereocenters. The Hall–Kier alpha value is -1.12. The highest BCUT2D eigenvalue weighted by molar-refractivity contribution is 7.94. The van der Waals surface area contributed by atoms with E-state index in [2.05, 4.69) is 11.3 Å². The maximum atomic E-state index is 10.6. The lowest BCUT2D eigenvalue weighted by Gasteiger charge is -1.97. The molecular weight excluding hydrogens is 224 g/mol. The highest BCUT2D eigenvalue weighted by Crippen LogP contribution is 1.90. The van der Waals surface area contributed by atoms with Gasteiger partial charge in [-0.15, -0.1) is 0 Å². The molecule has 0 saturated heterocycles. The van der Waals surface area contributed by atoms with E-state index in [4.69, 9.17) is 16.6 Å². The van der Waals surface area contributed by atoms with E-state index in [0.29, 0.717) is 13.1 Å². The van der Waals surface area contributed by atoms with Crippen molar-refractivity contribution in [3.8, 4) is 0 Å². The third-order valence-corrected chi connectivity index (χ3v) is 2.26. The maximum Gasteiger partial charge on any atom is 0.505 e. The number of carbonyl (C=O) groups is 1. The fraction of sp³-hybridized carbons (Fsp3) is 0.571. The van der Waals surface area contributed by atoms with E-state index >= 15 is 0 Å². The summed E-state index contributed by atoms with van der Waals surface area (Å²) < 4.78 is 25.1. The van der Waals surface area contributed by atoms with Gasteiger partial charge in [0.2, 0.25) is 0 Å². The Bertz CT molecular complexity index is 273. The lowest BCUT2D eigenvalue weighted by molar-refractivity contribution is 0.0972. The maximum absolute atomic E-state index is 10.6. The Balaban J connectivity index is 0. The molecule has 0 amide bonds. The van der Waals surface area contributed by atoms with Crippen LogP contribution < -0.4 is 11.5 Å². The normalized spacial score (nSPS) is 9.73. The largest absolute Gasteiger partial charge is 0.505 e. The van der Waals surface area contributed by atoms with Crippen molar-refractivity contribution in [2.24, 2.45) is 11.5 Å². The minimum Gasteiger partial charge on any atom is -0.450 e. The third-order valence-electron chi connectivity index (χ3n) is 1.01. The summed E-state index contributed by atoms with van der Waals surface area (Å²) in [5.74, 6) is -0.358. The van der Waals surface area contributed by atoms with Gasteiger partial charge in [0.15, 0.2) is 9.84 Å². The molecule has 7 nitrogen and oxygen atoms in total. The predicted molar refractivity (Wildman–Crippen MR) is 56.1 cm³/mol. The fourth-order valence-corrected chi connectivity index (χ4v) is 0.811. The molecule has 8 heteroatoms. The van der Waals surface area contributed by atoms with Gasteiger partial charge in [-0.05, 0) is 0 Å². The minimum absolute atomic E-state index is 0.357. The van der Waals surface area contributed by atoms with Crippen molar-refractivity contribution in [3.05, 3.63) is 12.0 Å². The molecule has 0 rings (SSSR count). The average molecular weight is 240 g/mol. The van der Waals surface area contributed by atoms with Gasteiger partial charge < -0.3 is 21.3 Å². The van der Waals surface area contributed by atoms with Gasteiger partial charge in [-0.2, -0.15) is 0 Å². The summed E-state index contributed by atoms with van der Waals surface area (Å²) >= 11 is 0. The van der Waals surface area contributed by atoms with Gasteiger partial charge in [-0.3, -0.25) is 0 Å². The Morgan fingerprint density at radius 3 is 2.13 bits per heavy atom. The number of rotatable bonds is 5. The molecule has 0 atom stereocenters. The van der Waals surface area contributed by atoms with Crippen molar-refractivity contribution < 1.29 is 23.1 Å². The molecule has 0 bridgehead atoms. The number of ether oxygens (including phenoxy) is 1. The zero-order chi connectivity index (χ0) is 12.3. The van der Waals surface area contributed by atoms with Crippen LogP contribution in [-0.2, 0) is 14.6 Å². The molecule has 0 aromatic heterocycles. The standard InChI is InChI=1S/C5H8O5S.C2H8N2/c1-2-11(8,9)4-3-10-5(6)7;3-1-2-4/h2H,1,3-4H2,(H,6,7);1-4H2. The minimum atomic E-state index is -3.34. The molecule has 0 radical (unpaired) electrons. The van der Waals surface area contributed by atoms with E-state index in [-0.39, 0.29) is 12.4 Å². The second-order valence-corrected chi connectivity index (χ2v) is 4.29. The molecule has 15 heavy (non-hydrogen) atoms. The number of hydrogen-bond acceptors (Lipinski definition) is 6. The molecule has 5 N–H and O–H groups in total. The van der Waals surface area contributed by atoms with E-state index < -0.39 is 16.0 Å². The topological polar surface area (TPSA) is 133 Å². The van der Waals surface area contributed by atoms with E-state index in [9.17, 15) is 13.2 Å². The van der Waals surface area contributed by atoms with Gasteiger partial charge >= 0.3 is 6.16 Å². The van der Waals surface area contributed by atoms with Crippen molar-refractivity contribution in [2.75, 3.05) is 25.4 Å². The second-order valence-electron chi connectivity index (χ2n) is 2.23. The van der Waals surface area contributed by atoms with Crippen LogP contribution in [0.25, 0.3) is 0 Å². The quantitative estimate of drug-likeness (QED) is 0.532. The van der Waals surface area contributed by atoms with Crippen LogP contribution in [-0.4, -0.2) is 45.1 Å². The molecule has 0 heterocycles. The van der Waals surface area contributed by atoms with Crippen molar-refractivity contribution in [1.82, 2.24) is 0 Å². The average Bonchev–Trinajstić information content (AvgIpc) is 2.17. The number of nitrogens with two attached hydrogens (primary N) is 2. The van der Waals surface area contributed by atoms with Gasteiger partial charge in [-0.25, -0.2) is 13.2 Å². The van der Waals surface area contributed by atoms with Crippen LogP contribution in [0.5, 0.6) is 0 Å². The number of sulfone groups is 1. The van der Waals surface area contributed by atoms with E-state index in [1.54, 1.807) is 0 Å². The summed E-state index contributed by atoms with van der Waals surface area (Å²) in [5, 5.41) is 8.70. The third kappa shape index (κ3) is 15.6. The lowest BCUT2D eigenvalue weighted by Crippen LogP contribution is -2.11. The van der Waals surface area contributed by atoms with Crippen LogP contribution in [0.1, 0.15) is 0 Å². The molecule has 0 spiro atoms.